The standard InChI is InChI=1S/C30H44O7/c1-15(10-17(31)11-16(2)26(36)37)18-12-23(35)30(7)25-19(32)13-21-27(3,4)22(34)8-9-28(21,5)24(25)20(33)14-29(18,30)6/h15-16,18-19,21-22,32,34H,8-14H2,1-7H3,(H,36,37)/t15-,16?,18-,19+,21?,22+,28+,29-,30?/m1/s1. The molecule has 0 aliphatic heterocycles. The van der Waals surface area contributed by atoms with Crippen LogP contribution in [0.3, 0.4) is 0 Å². The molecule has 2 saturated carbocycles. The smallest absolute Gasteiger partial charge is 0.306 e. The van der Waals surface area contributed by atoms with Crippen LogP contribution in [0.15, 0.2) is 11.1 Å². The van der Waals surface area contributed by atoms with Crippen molar-refractivity contribution in [2.24, 2.45) is 45.3 Å². The van der Waals surface area contributed by atoms with Crippen LogP contribution in [0.2, 0.25) is 0 Å². The highest BCUT2D eigenvalue weighted by Gasteiger charge is 2.70. The molecule has 7 nitrogen and oxygen atoms in total. The Hall–Kier alpha value is -1.86. The van der Waals surface area contributed by atoms with Crippen LogP contribution in [0.5, 0.6) is 0 Å². The fraction of sp³-hybridized carbons (Fsp3) is 0.800. The Bertz CT molecular complexity index is 1070. The van der Waals surface area contributed by atoms with Crippen molar-refractivity contribution >= 4 is 23.3 Å². The first-order valence-electron chi connectivity index (χ1n) is 13.8. The molecular formula is C30H44O7. The van der Waals surface area contributed by atoms with E-state index >= 15 is 0 Å². The predicted octanol–water partition coefficient (Wildman–Crippen LogP) is 4.13. The van der Waals surface area contributed by atoms with E-state index in [2.05, 4.69) is 6.92 Å². The van der Waals surface area contributed by atoms with Crippen LogP contribution < -0.4 is 0 Å². The normalized spacial score (nSPS) is 42.5. The number of ketones is 3. The lowest BCUT2D eigenvalue weighted by atomic mass is 9.42. The van der Waals surface area contributed by atoms with Crippen molar-refractivity contribution in [3.63, 3.8) is 0 Å². The summed E-state index contributed by atoms with van der Waals surface area (Å²) in [4.78, 5) is 51.9. The molecule has 0 amide bonds. The van der Waals surface area contributed by atoms with Crippen LogP contribution in [-0.2, 0) is 19.2 Å². The number of carboxylic acids is 1. The lowest BCUT2D eigenvalue weighted by molar-refractivity contribution is -0.144. The molecule has 0 heterocycles. The van der Waals surface area contributed by atoms with Crippen LogP contribution in [-0.4, -0.2) is 50.8 Å². The molecule has 0 radical (unpaired) electrons. The average Bonchev–Trinajstić information content (AvgIpc) is 2.99. The summed E-state index contributed by atoms with van der Waals surface area (Å²) in [5, 5.41) is 31.6. The molecule has 0 aromatic carbocycles. The first kappa shape index (κ1) is 28.2. The number of carbonyl (C=O) groups excluding carboxylic acids is 3. The third kappa shape index (κ3) is 3.82. The monoisotopic (exact) mass is 516 g/mol. The summed E-state index contributed by atoms with van der Waals surface area (Å²) in [5.74, 6) is -2.45. The Kier molecular flexibility index (Phi) is 6.72. The SMILES string of the molecule is CC(CC(=O)C[C@@H](C)[C@H]1CC(=O)C2(C)C3=C(C(=O)C[C@]12C)[C@@]1(C)CC[C@H](O)C(C)(C)C1C[C@@H]3O)C(=O)O. The molecule has 4 aliphatic rings. The highest BCUT2D eigenvalue weighted by Crippen LogP contribution is 2.70. The van der Waals surface area contributed by atoms with E-state index in [1.54, 1.807) is 0 Å². The van der Waals surface area contributed by atoms with E-state index < -0.39 is 45.8 Å². The number of fused-ring (bicyclic) bond motifs is 4. The molecule has 0 aromatic rings. The predicted molar refractivity (Wildman–Crippen MR) is 137 cm³/mol. The third-order valence-corrected chi connectivity index (χ3v) is 11.6. The molecule has 4 rings (SSSR count). The van der Waals surface area contributed by atoms with E-state index in [0.29, 0.717) is 30.4 Å². The largest absolute Gasteiger partial charge is 0.481 e. The van der Waals surface area contributed by atoms with Gasteiger partial charge in [-0.2, -0.15) is 0 Å². The zero-order chi connectivity index (χ0) is 27.9. The molecule has 3 N–H and O–H groups in total. The third-order valence-electron chi connectivity index (χ3n) is 11.6. The topological polar surface area (TPSA) is 129 Å². The minimum absolute atomic E-state index is 0.00871. The van der Waals surface area contributed by atoms with Crippen molar-refractivity contribution in [1.82, 2.24) is 0 Å². The molecule has 0 aromatic heterocycles. The second-order valence-electron chi connectivity index (χ2n) is 13.9. The van der Waals surface area contributed by atoms with Crippen molar-refractivity contribution in [1.29, 1.82) is 0 Å². The number of aliphatic carboxylic acids is 1. The minimum atomic E-state index is -1.01. The molecular weight excluding hydrogens is 472 g/mol. The van der Waals surface area contributed by atoms with Crippen molar-refractivity contribution in [3.05, 3.63) is 11.1 Å². The number of hydrogen-bond acceptors (Lipinski definition) is 6. The number of aliphatic hydroxyl groups is 2. The van der Waals surface area contributed by atoms with Crippen molar-refractivity contribution in [2.45, 2.75) is 106 Å². The minimum Gasteiger partial charge on any atom is -0.481 e. The number of aliphatic hydroxyl groups excluding tert-OH is 2. The van der Waals surface area contributed by atoms with Crippen molar-refractivity contribution in [2.75, 3.05) is 0 Å². The van der Waals surface area contributed by atoms with Gasteiger partial charge in [0, 0.05) is 31.3 Å². The van der Waals surface area contributed by atoms with Crippen molar-refractivity contribution < 1.29 is 34.5 Å². The van der Waals surface area contributed by atoms with Crippen LogP contribution in [0, 0.1) is 45.3 Å². The lowest BCUT2D eigenvalue weighted by Gasteiger charge is -2.61. The van der Waals surface area contributed by atoms with Gasteiger partial charge in [-0.1, -0.05) is 41.5 Å². The maximum absolute atomic E-state index is 14.1. The van der Waals surface area contributed by atoms with Gasteiger partial charge in [-0.05, 0) is 65.8 Å². The Labute approximate surface area is 220 Å². The van der Waals surface area contributed by atoms with Gasteiger partial charge in [-0.25, -0.2) is 0 Å². The van der Waals surface area contributed by atoms with Crippen LogP contribution in [0.4, 0.5) is 0 Å². The van der Waals surface area contributed by atoms with Gasteiger partial charge in [0.1, 0.15) is 11.6 Å². The number of allylic oxidation sites excluding steroid dienone is 1. The average molecular weight is 517 g/mol. The first-order chi connectivity index (χ1) is 16.9. The van der Waals surface area contributed by atoms with Crippen molar-refractivity contribution in [3.8, 4) is 0 Å². The number of Topliss-reactive ketones (excluding diaryl/α,β-unsaturated/α-hetero) is 3. The Balaban J connectivity index is 1.74. The molecule has 206 valence electrons. The first-order valence-corrected chi connectivity index (χ1v) is 13.8. The van der Waals surface area contributed by atoms with E-state index in [4.69, 9.17) is 0 Å². The highest BCUT2D eigenvalue weighted by atomic mass is 16.4. The number of carbonyl (C=O) groups is 4. The van der Waals surface area contributed by atoms with Gasteiger partial charge in [0.15, 0.2) is 5.78 Å². The van der Waals surface area contributed by atoms with Gasteiger partial charge in [-0.15, -0.1) is 0 Å². The summed E-state index contributed by atoms with van der Waals surface area (Å²) in [6.07, 6.45) is 0.671. The highest BCUT2D eigenvalue weighted by molar-refractivity contribution is 6.05. The summed E-state index contributed by atoms with van der Waals surface area (Å²) in [5.41, 5.74) is -1.55. The zero-order valence-electron chi connectivity index (χ0n) is 23.4. The van der Waals surface area contributed by atoms with E-state index in [0.717, 1.165) is 0 Å². The van der Waals surface area contributed by atoms with E-state index in [1.165, 1.54) is 6.92 Å². The van der Waals surface area contributed by atoms with Gasteiger partial charge < -0.3 is 15.3 Å². The van der Waals surface area contributed by atoms with Gasteiger partial charge in [-0.3, -0.25) is 19.2 Å². The Morgan fingerprint density at radius 3 is 2.24 bits per heavy atom. The van der Waals surface area contributed by atoms with Gasteiger partial charge >= 0.3 is 5.97 Å². The lowest BCUT2D eigenvalue weighted by Crippen LogP contribution is -2.60. The Morgan fingerprint density at radius 2 is 1.65 bits per heavy atom. The zero-order valence-corrected chi connectivity index (χ0v) is 23.4. The molecule has 0 bridgehead atoms. The fourth-order valence-electron chi connectivity index (χ4n) is 9.12. The van der Waals surface area contributed by atoms with Gasteiger partial charge in [0.25, 0.3) is 0 Å². The maximum atomic E-state index is 14.1. The number of carboxylic acid groups (broad SMARTS) is 1. The van der Waals surface area contributed by atoms with Crippen LogP contribution in [0.1, 0.15) is 93.4 Å². The quantitative estimate of drug-likeness (QED) is 0.484. The number of rotatable bonds is 6. The van der Waals surface area contributed by atoms with Crippen LogP contribution >= 0.6 is 0 Å². The molecule has 7 heteroatoms. The summed E-state index contributed by atoms with van der Waals surface area (Å²) >= 11 is 0. The maximum Gasteiger partial charge on any atom is 0.306 e. The van der Waals surface area contributed by atoms with E-state index in [-0.39, 0.29) is 60.8 Å². The van der Waals surface area contributed by atoms with E-state index in [9.17, 15) is 34.5 Å². The molecule has 9 atom stereocenters. The molecule has 3 unspecified atom stereocenters. The van der Waals surface area contributed by atoms with Gasteiger partial charge in [0.05, 0.1) is 23.5 Å². The summed E-state index contributed by atoms with van der Waals surface area (Å²) in [6.45, 7) is 13.4. The molecule has 0 saturated heterocycles. The second-order valence-corrected chi connectivity index (χ2v) is 13.9. The number of hydrogen-bond donors (Lipinski definition) is 3. The van der Waals surface area contributed by atoms with Gasteiger partial charge in [0.2, 0.25) is 0 Å². The molecule has 2 fully saturated rings. The molecule has 0 spiro atoms. The fourth-order valence-corrected chi connectivity index (χ4v) is 9.12. The van der Waals surface area contributed by atoms with Crippen LogP contribution in [0.25, 0.3) is 0 Å². The second kappa shape index (κ2) is 8.84. The molecule has 37 heavy (non-hydrogen) atoms. The summed E-state index contributed by atoms with van der Waals surface area (Å²) in [7, 11) is 0. The summed E-state index contributed by atoms with van der Waals surface area (Å²) < 4.78 is 0. The summed E-state index contributed by atoms with van der Waals surface area (Å²) in [6, 6.07) is 0. The molecule has 4 aliphatic carbocycles. The van der Waals surface area contributed by atoms with E-state index in [1.807, 2.05) is 34.6 Å². The Morgan fingerprint density at radius 1 is 1.03 bits per heavy atom.